The van der Waals surface area contributed by atoms with Crippen molar-refractivity contribution in [3.8, 4) is 0 Å². The Labute approximate surface area is 149 Å². The molecule has 0 amide bonds. The van der Waals surface area contributed by atoms with Crippen LogP contribution in [0.3, 0.4) is 0 Å². The Hall–Kier alpha value is -1.53. The van der Waals surface area contributed by atoms with Gasteiger partial charge in [-0.05, 0) is 63.0 Å². The number of nitrogens with one attached hydrogen (secondary N) is 1. The van der Waals surface area contributed by atoms with E-state index in [-0.39, 0.29) is 12.0 Å². The first-order valence-corrected chi connectivity index (χ1v) is 8.71. The molecule has 2 atom stereocenters. The third-order valence-electron chi connectivity index (χ3n) is 5.42. The number of aromatic amines is 1. The van der Waals surface area contributed by atoms with Crippen molar-refractivity contribution in [2.24, 2.45) is 0 Å². The number of alkyl halides is 3. The molecule has 0 bridgehead atoms. The van der Waals surface area contributed by atoms with E-state index in [4.69, 9.17) is 8.85 Å². The van der Waals surface area contributed by atoms with Crippen molar-refractivity contribution in [2.75, 3.05) is 26.7 Å². The number of benzene rings is 1. The summed E-state index contributed by atoms with van der Waals surface area (Å²) in [6, 6.07) is 3.54. The van der Waals surface area contributed by atoms with Crippen molar-refractivity contribution in [3.63, 3.8) is 0 Å². The molecule has 1 aromatic carbocycles. The molecule has 0 spiro atoms. The van der Waals surface area contributed by atoms with E-state index in [9.17, 15) is 13.2 Å². The van der Waals surface area contributed by atoms with Gasteiger partial charge in [0.05, 0.1) is 12.2 Å². The van der Waals surface area contributed by atoms with E-state index >= 15 is 0 Å². The maximum Gasteiger partial charge on any atom is 0.416 e. The molecule has 0 aliphatic carbocycles. The standard InChI is InChI=1S/C19H23F3N2O/c1-24-7-2-3-14(24)10-16-15-9-13(19(20,21)22)4-5-17(15)23-18(16)12-6-8-25-11-12/h4-5,9,12,14,23H,2-3,6-8,10-11H2,1H3/t12-,14+/m0/s1/i1D3. The van der Waals surface area contributed by atoms with Gasteiger partial charge in [0.2, 0.25) is 0 Å². The van der Waals surface area contributed by atoms with Crippen molar-refractivity contribution in [3.05, 3.63) is 35.0 Å². The lowest BCUT2D eigenvalue weighted by Crippen LogP contribution is -2.27. The Kier molecular flexibility index (Phi) is 3.45. The van der Waals surface area contributed by atoms with Crippen molar-refractivity contribution >= 4 is 10.9 Å². The first kappa shape index (κ1) is 13.6. The highest BCUT2D eigenvalue weighted by molar-refractivity contribution is 5.86. The molecule has 6 heteroatoms. The Morgan fingerprint density at radius 2 is 2.24 bits per heavy atom. The lowest BCUT2D eigenvalue weighted by Gasteiger charge is -2.21. The van der Waals surface area contributed by atoms with E-state index in [2.05, 4.69) is 4.98 Å². The molecule has 25 heavy (non-hydrogen) atoms. The number of nitrogens with zero attached hydrogens (tertiary/aromatic N) is 1. The Morgan fingerprint density at radius 1 is 1.36 bits per heavy atom. The fraction of sp³-hybridized carbons (Fsp3) is 0.579. The predicted molar refractivity (Wildman–Crippen MR) is 90.8 cm³/mol. The van der Waals surface area contributed by atoms with Gasteiger partial charge in [0.15, 0.2) is 0 Å². The summed E-state index contributed by atoms with van der Waals surface area (Å²) in [7, 11) is 0. The maximum atomic E-state index is 13.3. The van der Waals surface area contributed by atoms with Gasteiger partial charge >= 0.3 is 6.18 Å². The van der Waals surface area contributed by atoms with Crippen LogP contribution in [-0.4, -0.2) is 42.7 Å². The summed E-state index contributed by atoms with van der Waals surface area (Å²) in [5.41, 5.74) is 1.67. The normalized spacial score (nSPS) is 27.6. The highest BCUT2D eigenvalue weighted by atomic mass is 19.4. The molecule has 0 saturated carbocycles. The zero-order valence-electron chi connectivity index (χ0n) is 16.8. The van der Waals surface area contributed by atoms with E-state index in [0.29, 0.717) is 37.1 Å². The van der Waals surface area contributed by atoms with Gasteiger partial charge in [-0.1, -0.05) is 0 Å². The summed E-state index contributed by atoms with van der Waals surface area (Å²) in [6.45, 7) is -0.558. The van der Waals surface area contributed by atoms with Gasteiger partial charge in [-0.3, -0.25) is 0 Å². The molecule has 3 nitrogen and oxygen atoms in total. The SMILES string of the molecule is [2H]C([2H])([2H])N1CCC[C@@H]1Cc1c([C@H]2CCOC2)[nH]c2ccc(C(F)(F)F)cc12. The quantitative estimate of drug-likeness (QED) is 0.888. The van der Waals surface area contributed by atoms with Crippen LogP contribution in [0.1, 0.15) is 46.1 Å². The van der Waals surface area contributed by atoms with Crippen LogP contribution in [0.25, 0.3) is 10.9 Å². The number of fused-ring (bicyclic) bond motifs is 1. The molecule has 0 radical (unpaired) electrons. The smallest absolute Gasteiger partial charge is 0.381 e. The predicted octanol–water partition coefficient (Wildman–Crippen LogP) is 4.33. The Bertz CT molecular complexity index is 856. The third-order valence-corrected chi connectivity index (χ3v) is 5.42. The van der Waals surface area contributed by atoms with Gasteiger partial charge in [0.25, 0.3) is 0 Å². The number of ether oxygens (including phenoxy) is 1. The summed E-state index contributed by atoms with van der Waals surface area (Å²) >= 11 is 0. The van der Waals surface area contributed by atoms with Crippen LogP contribution in [0.2, 0.25) is 0 Å². The molecular formula is C19H23F3N2O. The zero-order chi connectivity index (χ0) is 20.1. The van der Waals surface area contributed by atoms with Crippen LogP contribution in [0.15, 0.2) is 18.2 Å². The van der Waals surface area contributed by atoms with Gasteiger partial charge in [0, 0.05) is 39.3 Å². The molecule has 136 valence electrons. The summed E-state index contributed by atoms with van der Waals surface area (Å²) in [6.07, 6.45) is -1.69. The number of hydrogen-bond donors (Lipinski definition) is 1. The molecular weight excluding hydrogens is 329 g/mol. The molecule has 1 N–H and O–H groups in total. The summed E-state index contributed by atoms with van der Waals surface area (Å²) in [5.74, 6) is 0.0966. The van der Waals surface area contributed by atoms with Gasteiger partial charge < -0.3 is 14.6 Å². The highest BCUT2D eigenvalue weighted by Gasteiger charge is 2.33. The highest BCUT2D eigenvalue weighted by Crippen LogP contribution is 2.38. The largest absolute Gasteiger partial charge is 0.416 e. The van der Waals surface area contributed by atoms with Crippen LogP contribution >= 0.6 is 0 Å². The molecule has 2 aromatic rings. The second kappa shape index (κ2) is 6.32. The second-order valence-corrected chi connectivity index (χ2v) is 7.03. The summed E-state index contributed by atoms with van der Waals surface area (Å²) in [4.78, 5) is 4.81. The fourth-order valence-electron chi connectivity index (χ4n) is 4.06. The number of likely N-dealkylation sites (tertiary alicyclic amines) is 1. The van der Waals surface area contributed by atoms with E-state index in [1.807, 2.05) is 0 Å². The van der Waals surface area contributed by atoms with Crippen molar-refractivity contribution < 1.29 is 22.0 Å². The van der Waals surface area contributed by atoms with Gasteiger partial charge in [-0.2, -0.15) is 13.2 Å². The minimum Gasteiger partial charge on any atom is -0.381 e. The first-order chi connectivity index (χ1) is 13.1. The number of hydrogen-bond acceptors (Lipinski definition) is 2. The minimum absolute atomic E-state index is 0.0966. The molecule has 1 aromatic heterocycles. The first-order valence-electron chi connectivity index (χ1n) is 10.2. The van der Waals surface area contributed by atoms with Crippen molar-refractivity contribution in [1.29, 1.82) is 0 Å². The van der Waals surface area contributed by atoms with Crippen LogP contribution in [0.4, 0.5) is 13.2 Å². The molecule has 3 heterocycles. The molecule has 2 aliphatic heterocycles. The van der Waals surface area contributed by atoms with Crippen molar-refractivity contribution in [1.82, 2.24) is 9.88 Å². The van der Waals surface area contributed by atoms with E-state index in [1.54, 1.807) is 0 Å². The Morgan fingerprint density at radius 3 is 2.96 bits per heavy atom. The molecule has 2 fully saturated rings. The van der Waals surface area contributed by atoms with E-state index < -0.39 is 18.7 Å². The van der Waals surface area contributed by atoms with Crippen LogP contribution in [0, 0.1) is 0 Å². The third kappa shape index (κ3) is 3.17. The van der Waals surface area contributed by atoms with Crippen LogP contribution in [-0.2, 0) is 17.3 Å². The average molecular weight is 355 g/mol. The van der Waals surface area contributed by atoms with Crippen LogP contribution < -0.4 is 0 Å². The minimum atomic E-state index is -4.42. The zero-order valence-corrected chi connectivity index (χ0v) is 13.8. The second-order valence-electron chi connectivity index (χ2n) is 7.03. The van der Waals surface area contributed by atoms with Crippen molar-refractivity contribution in [2.45, 2.75) is 43.8 Å². The molecule has 2 aliphatic rings. The number of H-pyrrole nitrogens is 1. The fourth-order valence-corrected chi connectivity index (χ4v) is 4.06. The molecule has 0 unspecified atom stereocenters. The summed E-state index contributed by atoms with van der Waals surface area (Å²) in [5, 5.41) is 0.536. The van der Waals surface area contributed by atoms with Gasteiger partial charge in [-0.15, -0.1) is 0 Å². The van der Waals surface area contributed by atoms with Gasteiger partial charge in [-0.25, -0.2) is 0 Å². The number of likely N-dealkylation sites (N-methyl/N-ethyl adjacent to an activating group) is 1. The average Bonchev–Trinajstić information content (AvgIpc) is 3.32. The van der Waals surface area contributed by atoms with E-state index in [0.717, 1.165) is 36.6 Å². The monoisotopic (exact) mass is 355 g/mol. The molecule has 2 saturated heterocycles. The number of rotatable bonds is 3. The lowest BCUT2D eigenvalue weighted by molar-refractivity contribution is -0.137. The van der Waals surface area contributed by atoms with E-state index in [1.165, 1.54) is 17.0 Å². The summed E-state index contributed by atoms with van der Waals surface area (Å²) < 4.78 is 68.6. The maximum absolute atomic E-state index is 13.3. The Balaban J connectivity index is 1.78. The topological polar surface area (TPSA) is 28.3 Å². The van der Waals surface area contributed by atoms with Gasteiger partial charge in [0.1, 0.15) is 0 Å². The number of aromatic nitrogens is 1. The van der Waals surface area contributed by atoms with Crippen LogP contribution in [0.5, 0.6) is 0 Å². The molecule has 4 rings (SSSR count). The lowest BCUT2D eigenvalue weighted by atomic mass is 9.94. The number of halogens is 3.